The highest BCUT2D eigenvalue weighted by Crippen LogP contribution is 2.22. The molecule has 0 saturated heterocycles. The molecule has 4 heteroatoms. The number of pyridine rings is 1. The van der Waals surface area contributed by atoms with Crippen molar-refractivity contribution in [1.29, 1.82) is 0 Å². The Morgan fingerprint density at radius 2 is 2.20 bits per heavy atom. The molecule has 4 nitrogen and oxygen atoms in total. The monoisotopic (exact) mass is 202 g/mol. The summed E-state index contributed by atoms with van der Waals surface area (Å²) in [6.45, 7) is 0. The van der Waals surface area contributed by atoms with Crippen molar-refractivity contribution in [1.82, 2.24) is 4.98 Å². The zero-order valence-electron chi connectivity index (χ0n) is 8.23. The Morgan fingerprint density at radius 3 is 2.93 bits per heavy atom. The highest BCUT2D eigenvalue weighted by Gasteiger charge is 2.12. The maximum absolute atomic E-state index is 11.3. The number of ether oxygens (including phenoxy) is 1. The standard InChI is InChI=1S/C11H10N2O2/c1-15-11(14)8-5-4-7-3-2-6-13-10(7)9(8)12/h2-6H,12H2,1H3. The normalized spacial score (nSPS) is 10.2. The summed E-state index contributed by atoms with van der Waals surface area (Å²) in [5.74, 6) is -0.444. The number of nitrogens with two attached hydrogens (primary N) is 1. The van der Waals surface area contributed by atoms with E-state index in [2.05, 4.69) is 9.72 Å². The van der Waals surface area contributed by atoms with Crippen LogP contribution in [0.4, 0.5) is 5.69 Å². The average molecular weight is 202 g/mol. The second kappa shape index (κ2) is 3.57. The fourth-order valence-electron chi connectivity index (χ4n) is 1.46. The first kappa shape index (κ1) is 9.45. The average Bonchev–Trinajstić information content (AvgIpc) is 2.29. The minimum absolute atomic E-state index is 0.351. The molecule has 0 saturated carbocycles. The molecule has 2 aromatic rings. The molecule has 0 bridgehead atoms. The smallest absolute Gasteiger partial charge is 0.340 e. The quantitative estimate of drug-likeness (QED) is 0.563. The molecule has 2 rings (SSSR count). The molecule has 1 heterocycles. The Labute approximate surface area is 86.7 Å². The number of hydrogen-bond donors (Lipinski definition) is 1. The Bertz CT molecular complexity index is 523. The Hall–Kier alpha value is -2.10. The van der Waals surface area contributed by atoms with Gasteiger partial charge in [0.1, 0.15) is 0 Å². The van der Waals surface area contributed by atoms with E-state index in [9.17, 15) is 4.79 Å². The number of carbonyl (C=O) groups is 1. The van der Waals surface area contributed by atoms with Gasteiger partial charge < -0.3 is 10.5 Å². The van der Waals surface area contributed by atoms with Crippen LogP contribution < -0.4 is 5.73 Å². The van der Waals surface area contributed by atoms with Gasteiger partial charge in [0.05, 0.1) is 23.9 Å². The maximum atomic E-state index is 11.3. The Morgan fingerprint density at radius 1 is 1.40 bits per heavy atom. The van der Waals surface area contributed by atoms with Crippen LogP contribution in [0, 0.1) is 0 Å². The third kappa shape index (κ3) is 1.50. The van der Waals surface area contributed by atoms with Crippen LogP contribution in [0.15, 0.2) is 30.5 Å². The number of nitrogen functional groups attached to an aromatic ring is 1. The van der Waals surface area contributed by atoms with E-state index < -0.39 is 5.97 Å². The van der Waals surface area contributed by atoms with E-state index >= 15 is 0 Å². The second-order valence-electron chi connectivity index (χ2n) is 3.09. The molecular formula is C11H10N2O2. The van der Waals surface area contributed by atoms with Crippen LogP contribution >= 0.6 is 0 Å². The zero-order chi connectivity index (χ0) is 10.8. The lowest BCUT2D eigenvalue weighted by Crippen LogP contribution is -2.06. The van der Waals surface area contributed by atoms with Crippen molar-refractivity contribution in [3.8, 4) is 0 Å². The number of hydrogen-bond acceptors (Lipinski definition) is 4. The van der Waals surface area contributed by atoms with Gasteiger partial charge in [0.2, 0.25) is 0 Å². The number of rotatable bonds is 1. The van der Waals surface area contributed by atoms with Crippen molar-refractivity contribution >= 4 is 22.6 Å². The van der Waals surface area contributed by atoms with Gasteiger partial charge in [-0.2, -0.15) is 0 Å². The van der Waals surface area contributed by atoms with Crippen molar-refractivity contribution in [3.63, 3.8) is 0 Å². The van der Waals surface area contributed by atoms with Gasteiger partial charge in [-0.05, 0) is 12.1 Å². The van der Waals surface area contributed by atoms with E-state index in [0.717, 1.165) is 5.39 Å². The molecule has 0 radical (unpaired) electrons. The van der Waals surface area contributed by atoms with Gasteiger partial charge >= 0.3 is 5.97 Å². The van der Waals surface area contributed by atoms with Crippen LogP contribution in [0.3, 0.4) is 0 Å². The SMILES string of the molecule is COC(=O)c1ccc2cccnc2c1N. The summed E-state index contributed by atoms with van der Waals surface area (Å²) in [4.78, 5) is 15.5. The molecule has 1 aromatic heterocycles. The number of methoxy groups -OCH3 is 1. The van der Waals surface area contributed by atoms with E-state index in [4.69, 9.17) is 5.73 Å². The van der Waals surface area contributed by atoms with Gasteiger partial charge in [-0.25, -0.2) is 4.79 Å². The summed E-state index contributed by atoms with van der Waals surface area (Å²) >= 11 is 0. The summed E-state index contributed by atoms with van der Waals surface area (Å²) < 4.78 is 4.62. The van der Waals surface area contributed by atoms with Crippen molar-refractivity contribution in [2.45, 2.75) is 0 Å². The lowest BCUT2D eigenvalue weighted by Gasteiger charge is -2.05. The van der Waals surface area contributed by atoms with Crippen LogP contribution in [0.5, 0.6) is 0 Å². The molecule has 0 aliphatic carbocycles. The van der Waals surface area contributed by atoms with Crippen molar-refractivity contribution in [2.24, 2.45) is 0 Å². The maximum Gasteiger partial charge on any atom is 0.340 e. The topological polar surface area (TPSA) is 65.2 Å². The fraction of sp³-hybridized carbons (Fsp3) is 0.0909. The van der Waals surface area contributed by atoms with Gasteiger partial charge in [0.15, 0.2) is 0 Å². The summed E-state index contributed by atoms with van der Waals surface area (Å²) in [5, 5.41) is 0.905. The van der Waals surface area contributed by atoms with Crippen LogP contribution in [-0.2, 0) is 4.74 Å². The fourth-order valence-corrected chi connectivity index (χ4v) is 1.46. The zero-order valence-corrected chi connectivity index (χ0v) is 8.23. The predicted octanol–water partition coefficient (Wildman–Crippen LogP) is 1.60. The van der Waals surface area contributed by atoms with Crippen LogP contribution in [0.25, 0.3) is 10.9 Å². The van der Waals surface area contributed by atoms with Crippen molar-refractivity contribution in [3.05, 3.63) is 36.0 Å². The van der Waals surface area contributed by atoms with Crippen LogP contribution in [0.2, 0.25) is 0 Å². The number of esters is 1. The number of aromatic nitrogens is 1. The van der Waals surface area contributed by atoms with E-state index in [1.54, 1.807) is 18.3 Å². The molecule has 2 N–H and O–H groups in total. The molecule has 0 aliphatic rings. The second-order valence-corrected chi connectivity index (χ2v) is 3.09. The van der Waals surface area contributed by atoms with Crippen molar-refractivity contribution in [2.75, 3.05) is 12.8 Å². The van der Waals surface area contributed by atoms with Crippen molar-refractivity contribution < 1.29 is 9.53 Å². The molecule has 0 unspecified atom stereocenters. The summed E-state index contributed by atoms with van der Waals surface area (Å²) in [5.41, 5.74) is 7.17. The molecule has 15 heavy (non-hydrogen) atoms. The third-order valence-corrected chi connectivity index (χ3v) is 2.22. The summed E-state index contributed by atoms with van der Waals surface area (Å²) in [6, 6.07) is 7.15. The van der Waals surface area contributed by atoms with Gasteiger partial charge in [-0.1, -0.05) is 12.1 Å². The molecule has 0 amide bonds. The van der Waals surface area contributed by atoms with E-state index in [-0.39, 0.29) is 0 Å². The summed E-state index contributed by atoms with van der Waals surface area (Å²) in [7, 11) is 1.32. The first-order valence-electron chi connectivity index (χ1n) is 4.45. The first-order chi connectivity index (χ1) is 7.24. The lowest BCUT2D eigenvalue weighted by molar-refractivity contribution is 0.0602. The molecule has 1 aromatic carbocycles. The largest absolute Gasteiger partial charge is 0.465 e. The number of benzene rings is 1. The molecular weight excluding hydrogens is 192 g/mol. The molecule has 0 fully saturated rings. The molecule has 0 aliphatic heterocycles. The van der Waals surface area contributed by atoms with Gasteiger partial charge in [0, 0.05) is 11.6 Å². The van der Waals surface area contributed by atoms with Gasteiger partial charge in [-0.15, -0.1) is 0 Å². The Kier molecular flexibility index (Phi) is 2.25. The highest BCUT2D eigenvalue weighted by molar-refractivity contribution is 6.03. The number of fused-ring (bicyclic) bond motifs is 1. The van der Waals surface area contributed by atoms with Crippen LogP contribution in [0.1, 0.15) is 10.4 Å². The number of carbonyl (C=O) groups excluding carboxylic acids is 1. The van der Waals surface area contributed by atoms with E-state index in [1.807, 2.05) is 12.1 Å². The predicted molar refractivity (Wildman–Crippen MR) is 57.5 cm³/mol. The first-order valence-corrected chi connectivity index (χ1v) is 4.45. The lowest BCUT2D eigenvalue weighted by atomic mass is 10.1. The van der Waals surface area contributed by atoms with E-state index in [1.165, 1.54) is 7.11 Å². The third-order valence-electron chi connectivity index (χ3n) is 2.22. The Balaban J connectivity index is 2.70. The summed E-state index contributed by atoms with van der Waals surface area (Å²) in [6.07, 6.45) is 1.64. The van der Waals surface area contributed by atoms with Gasteiger partial charge in [0.25, 0.3) is 0 Å². The molecule has 0 spiro atoms. The number of nitrogens with zero attached hydrogens (tertiary/aromatic N) is 1. The number of anilines is 1. The molecule has 76 valence electrons. The van der Waals surface area contributed by atoms with E-state index in [0.29, 0.717) is 16.8 Å². The van der Waals surface area contributed by atoms with Crippen LogP contribution in [-0.4, -0.2) is 18.1 Å². The van der Waals surface area contributed by atoms with Gasteiger partial charge in [-0.3, -0.25) is 4.98 Å². The minimum Gasteiger partial charge on any atom is -0.465 e. The minimum atomic E-state index is -0.444. The highest BCUT2D eigenvalue weighted by atomic mass is 16.5. The molecule has 0 atom stereocenters.